The van der Waals surface area contributed by atoms with Crippen LogP contribution in [0.25, 0.3) is 0 Å². The van der Waals surface area contributed by atoms with Gasteiger partial charge in [0.05, 0.1) is 5.92 Å². The molecule has 0 bridgehead atoms. The fourth-order valence-electron chi connectivity index (χ4n) is 3.16. The number of carbonyl (C=O) groups is 2. The van der Waals surface area contributed by atoms with Gasteiger partial charge in [-0.15, -0.1) is 0 Å². The molecular weight excluding hydrogens is 176 g/mol. The average molecular weight is 194 g/mol. The molecule has 0 aromatic heterocycles. The van der Waals surface area contributed by atoms with E-state index in [-0.39, 0.29) is 22.9 Å². The van der Waals surface area contributed by atoms with Crippen molar-refractivity contribution >= 4 is 11.6 Å². The summed E-state index contributed by atoms with van der Waals surface area (Å²) in [5.74, 6) is 0.0928. The molecule has 14 heavy (non-hydrogen) atoms. The summed E-state index contributed by atoms with van der Waals surface area (Å²) in [6, 6.07) is 0. The topological polar surface area (TPSA) is 34.1 Å². The second-order valence-corrected chi connectivity index (χ2v) is 4.91. The Kier molecular flexibility index (Phi) is 2.46. The Bertz CT molecular complexity index is 261. The molecule has 0 heterocycles. The highest BCUT2D eigenvalue weighted by Crippen LogP contribution is 2.48. The second kappa shape index (κ2) is 3.48. The van der Waals surface area contributed by atoms with Gasteiger partial charge in [-0.05, 0) is 32.6 Å². The van der Waals surface area contributed by atoms with Crippen LogP contribution in [0.2, 0.25) is 0 Å². The van der Waals surface area contributed by atoms with E-state index in [0.717, 1.165) is 25.7 Å². The number of rotatable bonds is 1. The summed E-state index contributed by atoms with van der Waals surface area (Å²) in [6.07, 6.45) is 7.47. The lowest BCUT2D eigenvalue weighted by molar-refractivity contribution is -0.135. The van der Waals surface area contributed by atoms with E-state index >= 15 is 0 Å². The fourth-order valence-corrected chi connectivity index (χ4v) is 3.16. The Hall–Kier alpha value is -0.660. The third-order valence-electron chi connectivity index (χ3n) is 4.05. The minimum atomic E-state index is -0.256. The molecule has 2 rings (SSSR count). The van der Waals surface area contributed by atoms with Gasteiger partial charge in [-0.1, -0.05) is 19.3 Å². The van der Waals surface area contributed by atoms with Crippen LogP contribution in [-0.2, 0) is 9.59 Å². The standard InChI is InChI=1S/C12H18O2/c1-9(13)10-5-8-12(11(10)14)6-3-2-4-7-12/h10H,2-8H2,1H3. The molecule has 78 valence electrons. The van der Waals surface area contributed by atoms with Crippen LogP contribution in [0.4, 0.5) is 0 Å². The zero-order valence-corrected chi connectivity index (χ0v) is 8.84. The Balaban J connectivity index is 2.15. The summed E-state index contributed by atoms with van der Waals surface area (Å²) in [7, 11) is 0. The van der Waals surface area contributed by atoms with Crippen molar-refractivity contribution in [3.05, 3.63) is 0 Å². The first kappa shape index (κ1) is 9.88. The molecule has 2 aliphatic rings. The first-order chi connectivity index (χ1) is 6.66. The molecule has 1 unspecified atom stereocenters. The van der Waals surface area contributed by atoms with Gasteiger partial charge in [-0.25, -0.2) is 0 Å². The second-order valence-electron chi connectivity index (χ2n) is 4.91. The van der Waals surface area contributed by atoms with E-state index in [1.54, 1.807) is 6.92 Å². The van der Waals surface area contributed by atoms with Gasteiger partial charge in [0.1, 0.15) is 11.6 Å². The summed E-state index contributed by atoms with van der Waals surface area (Å²) in [5.41, 5.74) is -0.0748. The van der Waals surface area contributed by atoms with Gasteiger partial charge in [0.25, 0.3) is 0 Å². The molecule has 2 nitrogen and oxygen atoms in total. The van der Waals surface area contributed by atoms with Crippen LogP contribution in [-0.4, -0.2) is 11.6 Å². The molecule has 0 radical (unpaired) electrons. The van der Waals surface area contributed by atoms with Crippen molar-refractivity contribution in [1.82, 2.24) is 0 Å². The Morgan fingerprint density at radius 2 is 1.86 bits per heavy atom. The lowest BCUT2D eigenvalue weighted by atomic mass is 9.71. The summed E-state index contributed by atoms with van der Waals surface area (Å²) in [5, 5.41) is 0. The van der Waals surface area contributed by atoms with E-state index in [0.29, 0.717) is 0 Å². The maximum absolute atomic E-state index is 12.1. The normalized spacial score (nSPS) is 30.9. The third-order valence-corrected chi connectivity index (χ3v) is 4.05. The quantitative estimate of drug-likeness (QED) is 0.601. The third kappa shape index (κ3) is 1.41. The van der Waals surface area contributed by atoms with Crippen LogP contribution in [0, 0.1) is 11.3 Å². The Morgan fingerprint density at radius 1 is 1.21 bits per heavy atom. The fraction of sp³-hybridized carbons (Fsp3) is 0.833. The molecule has 2 saturated carbocycles. The molecule has 2 fully saturated rings. The van der Waals surface area contributed by atoms with Gasteiger partial charge in [0.2, 0.25) is 0 Å². The summed E-state index contributed by atoms with van der Waals surface area (Å²) in [6.45, 7) is 1.56. The van der Waals surface area contributed by atoms with E-state index in [1.807, 2.05) is 0 Å². The Labute approximate surface area is 85.1 Å². The zero-order valence-electron chi connectivity index (χ0n) is 8.84. The van der Waals surface area contributed by atoms with Crippen molar-refractivity contribution in [1.29, 1.82) is 0 Å². The number of ketones is 2. The van der Waals surface area contributed by atoms with Crippen molar-refractivity contribution in [2.45, 2.75) is 51.9 Å². The molecule has 1 spiro atoms. The molecule has 0 N–H and O–H groups in total. The molecule has 0 saturated heterocycles. The van der Waals surface area contributed by atoms with Gasteiger partial charge < -0.3 is 0 Å². The lowest BCUT2D eigenvalue weighted by Crippen LogP contribution is -2.32. The molecule has 0 amide bonds. The van der Waals surface area contributed by atoms with Crippen molar-refractivity contribution in [2.75, 3.05) is 0 Å². The van der Waals surface area contributed by atoms with E-state index in [4.69, 9.17) is 0 Å². The van der Waals surface area contributed by atoms with E-state index < -0.39 is 0 Å². The molecule has 1 atom stereocenters. The molecule has 0 aliphatic heterocycles. The molecule has 2 aliphatic carbocycles. The van der Waals surface area contributed by atoms with E-state index in [1.165, 1.54) is 19.3 Å². The van der Waals surface area contributed by atoms with Crippen molar-refractivity contribution < 1.29 is 9.59 Å². The van der Waals surface area contributed by atoms with Gasteiger partial charge in [-0.3, -0.25) is 9.59 Å². The number of hydrogen-bond acceptors (Lipinski definition) is 2. The van der Waals surface area contributed by atoms with Gasteiger partial charge in [-0.2, -0.15) is 0 Å². The van der Waals surface area contributed by atoms with Crippen LogP contribution in [0.3, 0.4) is 0 Å². The number of carbonyl (C=O) groups excluding carboxylic acids is 2. The zero-order chi connectivity index (χ0) is 10.2. The van der Waals surface area contributed by atoms with Gasteiger partial charge >= 0.3 is 0 Å². The lowest BCUT2D eigenvalue weighted by Gasteiger charge is -2.31. The predicted octanol–water partition coefficient (Wildman–Crippen LogP) is 2.51. The monoisotopic (exact) mass is 194 g/mol. The van der Waals surface area contributed by atoms with Crippen LogP contribution < -0.4 is 0 Å². The first-order valence-corrected chi connectivity index (χ1v) is 5.70. The first-order valence-electron chi connectivity index (χ1n) is 5.70. The molecule has 2 heteroatoms. The highest BCUT2D eigenvalue weighted by Gasteiger charge is 2.48. The van der Waals surface area contributed by atoms with Gasteiger partial charge in [0.15, 0.2) is 0 Å². The molecule has 0 aromatic rings. The number of Topliss-reactive ketones (excluding diaryl/α,β-unsaturated/α-hetero) is 2. The van der Waals surface area contributed by atoms with Gasteiger partial charge in [0, 0.05) is 5.41 Å². The largest absolute Gasteiger partial charge is 0.299 e. The van der Waals surface area contributed by atoms with Crippen molar-refractivity contribution in [3.8, 4) is 0 Å². The number of hydrogen-bond donors (Lipinski definition) is 0. The summed E-state index contributed by atoms with van der Waals surface area (Å²) >= 11 is 0. The van der Waals surface area contributed by atoms with Crippen molar-refractivity contribution in [2.24, 2.45) is 11.3 Å². The minimum absolute atomic E-state index is 0.0748. The maximum Gasteiger partial charge on any atom is 0.149 e. The van der Waals surface area contributed by atoms with Crippen LogP contribution in [0.15, 0.2) is 0 Å². The highest BCUT2D eigenvalue weighted by atomic mass is 16.2. The smallest absolute Gasteiger partial charge is 0.149 e. The summed E-state index contributed by atoms with van der Waals surface area (Å²) in [4.78, 5) is 23.4. The highest BCUT2D eigenvalue weighted by molar-refractivity contribution is 6.05. The van der Waals surface area contributed by atoms with E-state index in [2.05, 4.69) is 0 Å². The maximum atomic E-state index is 12.1. The van der Waals surface area contributed by atoms with E-state index in [9.17, 15) is 9.59 Å². The van der Waals surface area contributed by atoms with Crippen LogP contribution in [0.1, 0.15) is 51.9 Å². The van der Waals surface area contributed by atoms with Crippen LogP contribution in [0.5, 0.6) is 0 Å². The average Bonchev–Trinajstić information content (AvgIpc) is 2.46. The summed E-state index contributed by atoms with van der Waals surface area (Å²) < 4.78 is 0. The minimum Gasteiger partial charge on any atom is -0.299 e. The van der Waals surface area contributed by atoms with Crippen LogP contribution >= 0.6 is 0 Å². The molecular formula is C12H18O2. The SMILES string of the molecule is CC(=O)C1CCC2(CCCCC2)C1=O. The molecule has 0 aromatic carbocycles. The predicted molar refractivity (Wildman–Crippen MR) is 53.9 cm³/mol. The van der Waals surface area contributed by atoms with Crippen molar-refractivity contribution in [3.63, 3.8) is 0 Å². The Morgan fingerprint density at radius 3 is 2.36 bits per heavy atom.